The molecule has 0 saturated carbocycles. The number of rotatable bonds is 6. The Morgan fingerprint density at radius 2 is 1.28 bits per heavy atom. The molecule has 2 heterocycles. The number of nitrogens with zero attached hydrogens (tertiary/aromatic N) is 3. The van der Waals surface area contributed by atoms with Crippen LogP contribution in [-0.2, 0) is 20.1 Å². The van der Waals surface area contributed by atoms with Gasteiger partial charge in [-0.1, -0.05) is 100.0 Å². The average molecular weight is 795 g/mol. The van der Waals surface area contributed by atoms with Crippen molar-refractivity contribution in [3.63, 3.8) is 0 Å². The van der Waals surface area contributed by atoms with Crippen LogP contribution in [0.15, 0.2) is 134 Å². The number of hydrogen-bond acceptors (Lipinski definition) is 2. The molecule has 0 amide bonds. The summed E-state index contributed by atoms with van der Waals surface area (Å²) in [7, 11) is 0. The Bertz CT molecular complexity index is 2200. The van der Waals surface area contributed by atoms with Gasteiger partial charge in [0.05, 0.1) is 16.9 Å². The summed E-state index contributed by atoms with van der Waals surface area (Å²) < 4.78 is 41.9. The van der Waals surface area contributed by atoms with Crippen LogP contribution >= 0.6 is 0 Å². The first-order valence-electron chi connectivity index (χ1n) is 17.8. The second-order valence-corrected chi connectivity index (χ2v) is 11.5. The van der Waals surface area contributed by atoms with Gasteiger partial charge in [0.1, 0.15) is 0 Å². The van der Waals surface area contributed by atoms with Crippen molar-refractivity contribution in [2.24, 2.45) is 0 Å². The normalized spacial score (nSPS) is 13.1. The molecule has 0 N–H and O–H groups in total. The molecule has 1 radical (unpaired) electrons. The summed E-state index contributed by atoms with van der Waals surface area (Å²) in [6.45, 7) is 5.49. The first-order chi connectivity index (χ1) is 24.2. The predicted octanol–water partition coefficient (Wildman–Crippen LogP) is 11.3. The molecule has 4 heteroatoms. The molecule has 0 aliphatic heterocycles. The van der Waals surface area contributed by atoms with Crippen molar-refractivity contribution >= 4 is 11.0 Å². The number of imidazole rings is 1. The van der Waals surface area contributed by atoms with Gasteiger partial charge in [-0.15, -0.1) is 71.8 Å². The number of pyridine rings is 1. The molecule has 3 nitrogen and oxygen atoms in total. The summed E-state index contributed by atoms with van der Waals surface area (Å²) in [5.41, 5.74) is 9.40. The van der Waals surface area contributed by atoms with Gasteiger partial charge in [0.15, 0.2) is 0 Å². The van der Waals surface area contributed by atoms with E-state index in [0.717, 1.165) is 61.6 Å². The Morgan fingerprint density at radius 3 is 1.85 bits per heavy atom. The van der Waals surface area contributed by atoms with E-state index in [-0.39, 0.29) is 20.1 Å². The Labute approximate surface area is 299 Å². The quantitative estimate of drug-likeness (QED) is 0.157. The van der Waals surface area contributed by atoms with Gasteiger partial charge in [-0.2, -0.15) is 0 Å². The van der Waals surface area contributed by atoms with Gasteiger partial charge >= 0.3 is 0 Å². The molecule has 7 rings (SSSR count). The molecule has 2 aromatic heterocycles. The molecule has 237 valence electrons. The molecular formula is C43H39IrN3-2. The van der Waals surface area contributed by atoms with E-state index in [2.05, 4.69) is 21.7 Å². The molecule has 0 aliphatic rings. The summed E-state index contributed by atoms with van der Waals surface area (Å²) in [6, 6.07) is 46.7. The Kier molecular flexibility index (Phi) is 8.95. The molecule has 0 saturated heterocycles. The maximum absolute atomic E-state index is 8.80. The molecule has 0 atom stereocenters. The van der Waals surface area contributed by atoms with E-state index in [1.165, 1.54) is 0 Å². The van der Waals surface area contributed by atoms with E-state index in [9.17, 15) is 0 Å². The smallest absolute Gasteiger partial charge is 0.0774 e. The Hall–Kier alpha value is -4.63. The molecule has 47 heavy (non-hydrogen) atoms. The van der Waals surface area contributed by atoms with Crippen molar-refractivity contribution in [3.8, 4) is 39.5 Å². The van der Waals surface area contributed by atoms with Gasteiger partial charge in [-0.3, -0.25) is 4.98 Å². The van der Waals surface area contributed by atoms with Crippen LogP contribution in [0.4, 0.5) is 0 Å². The molecule has 0 bridgehead atoms. The average Bonchev–Trinajstić information content (AvgIpc) is 3.51. The first kappa shape index (κ1) is 27.5. The zero-order valence-electron chi connectivity index (χ0n) is 31.9. The van der Waals surface area contributed by atoms with Crippen LogP contribution in [0, 0.1) is 19.0 Å². The zero-order valence-corrected chi connectivity index (χ0v) is 29.3. The minimum Gasteiger partial charge on any atom is -0.333 e. The molecule has 0 spiro atoms. The third kappa shape index (κ3) is 7.52. The fourth-order valence-electron chi connectivity index (χ4n) is 5.50. The first-order valence-corrected chi connectivity index (χ1v) is 15.3. The number of benzene rings is 5. The molecule has 7 aromatic rings. The topological polar surface area (TPSA) is 30.7 Å². The standard InChI is InChI=1S/C25H25N2.C18H14N.Ir/c1-17(2)20-13-10-14-21(18(3)4)24(20)27-23-16-9-8-15-22(23)26-25(27)19-11-6-5-7-12-19;1-14-7-9-15(10-8-14)17-11-12-18(19-13-17)16-5-3-2-4-6-16;/h5-11,13-18H,1-4H3;2-5,7-13H,1H3;/q2*-1;/i17D,18D;1D3;. The van der Waals surface area contributed by atoms with Gasteiger partial charge in [-0.25, -0.2) is 0 Å². The van der Waals surface area contributed by atoms with Crippen molar-refractivity contribution in [1.82, 2.24) is 14.5 Å². The Balaban J connectivity index is 0.000000205. The van der Waals surface area contributed by atoms with Gasteiger partial charge in [0.25, 0.3) is 0 Å². The van der Waals surface area contributed by atoms with E-state index in [0.29, 0.717) is 5.56 Å². The minimum absolute atomic E-state index is 0. The van der Waals surface area contributed by atoms with Crippen molar-refractivity contribution in [2.45, 2.75) is 46.3 Å². The maximum Gasteiger partial charge on any atom is 0.0774 e. The van der Waals surface area contributed by atoms with Gasteiger partial charge in [-0.05, 0) is 58.7 Å². The van der Waals surface area contributed by atoms with Crippen molar-refractivity contribution < 1.29 is 27.0 Å². The molecule has 0 aliphatic carbocycles. The number of hydrogen-bond donors (Lipinski definition) is 0. The van der Waals surface area contributed by atoms with E-state index in [1.54, 1.807) is 18.3 Å². The monoisotopic (exact) mass is 795 g/mol. The predicted molar refractivity (Wildman–Crippen MR) is 192 cm³/mol. The number of fused-ring (bicyclic) bond motifs is 1. The number of aryl methyl sites for hydroxylation is 1. The minimum atomic E-state index is -2.07. The summed E-state index contributed by atoms with van der Waals surface area (Å²) in [6.07, 6.45) is 1.79. The molecule has 0 unspecified atom stereocenters. The number of aromatic nitrogens is 3. The fourth-order valence-corrected chi connectivity index (χ4v) is 5.50. The zero-order chi connectivity index (χ0) is 36.4. The van der Waals surface area contributed by atoms with Gasteiger partial charge in [0.2, 0.25) is 0 Å². The summed E-state index contributed by atoms with van der Waals surface area (Å²) >= 11 is 0. The molecular weight excluding hydrogens is 751 g/mol. The fraction of sp³-hybridized carbons (Fsp3) is 0.163. The molecule has 5 aromatic carbocycles. The third-order valence-electron chi connectivity index (χ3n) is 7.81. The van der Waals surface area contributed by atoms with Crippen molar-refractivity contribution in [2.75, 3.05) is 0 Å². The van der Waals surface area contributed by atoms with E-state index >= 15 is 0 Å². The largest absolute Gasteiger partial charge is 0.333 e. The van der Waals surface area contributed by atoms with Crippen LogP contribution in [0.3, 0.4) is 0 Å². The summed E-state index contributed by atoms with van der Waals surface area (Å²) in [5, 5.41) is 0. The van der Waals surface area contributed by atoms with Crippen LogP contribution in [0.25, 0.3) is 50.5 Å². The summed E-state index contributed by atoms with van der Waals surface area (Å²) in [5.74, 6) is -0.895. The van der Waals surface area contributed by atoms with E-state index in [4.69, 9.17) is 11.8 Å². The molecule has 0 fully saturated rings. The Morgan fingerprint density at radius 1 is 0.660 bits per heavy atom. The van der Waals surface area contributed by atoms with Crippen LogP contribution < -0.4 is 0 Å². The van der Waals surface area contributed by atoms with Gasteiger partial charge in [0, 0.05) is 38.8 Å². The van der Waals surface area contributed by atoms with Gasteiger partial charge < -0.3 is 9.55 Å². The summed E-state index contributed by atoms with van der Waals surface area (Å²) in [4.78, 5) is 9.37. The second-order valence-electron chi connectivity index (χ2n) is 11.5. The van der Waals surface area contributed by atoms with E-state index in [1.807, 2.05) is 143 Å². The van der Waals surface area contributed by atoms with Crippen molar-refractivity contribution in [3.05, 3.63) is 162 Å². The second kappa shape index (κ2) is 15.3. The van der Waals surface area contributed by atoms with Crippen molar-refractivity contribution in [1.29, 1.82) is 0 Å². The third-order valence-corrected chi connectivity index (χ3v) is 7.81. The van der Waals surface area contributed by atoms with Crippen LogP contribution in [0.5, 0.6) is 0 Å². The van der Waals surface area contributed by atoms with Crippen LogP contribution in [0.2, 0.25) is 0 Å². The van der Waals surface area contributed by atoms with Crippen LogP contribution in [-0.4, -0.2) is 14.5 Å². The maximum atomic E-state index is 8.80. The van der Waals surface area contributed by atoms with Crippen LogP contribution in [0.1, 0.15) is 63.0 Å². The SMILES string of the molecule is [2H]C(C)(C)c1cccc(C([2H])(C)C)c1-n1c(-c2[c-]cccc2)nc2ccccc21.[2H]C([2H])([2H])c1ccc(-c2ccc(-c3[c-]cccc3)nc2)cc1.[Ir]. The van der Waals surface area contributed by atoms with E-state index < -0.39 is 18.6 Å². The number of para-hydroxylation sites is 3.